The van der Waals surface area contributed by atoms with Crippen molar-refractivity contribution in [3.63, 3.8) is 0 Å². The monoisotopic (exact) mass is 596 g/mol. The molecule has 4 rings (SSSR count). The molecule has 220 valence electrons. The summed E-state index contributed by atoms with van der Waals surface area (Å²) >= 11 is 6.46. The molecule has 0 saturated carbocycles. The average molecular weight is 597 g/mol. The summed E-state index contributed by atoms with van der Waals surface area (Å²) in [7, 11) is 1.41. The Morgan fingerprint density at radius 3 is 2.45 bits per heavy atom. The molecule has 0 radical (unpaired) electrons. The van der Waals surface area contributed by atoms with E-state index in [1.165, 1.54) is 37.5 Å². The van der Waals surface area contributed by atoms with Gasteiger partial charge in [-0.3, -0.25) is 19.8 Å². The second kappa shape index (κ2) is 13.9. The van der Waals surface area contributed by atoms with Crippen LogP contribution in [0.3, 0.4) is 0 Å². The van der Waals surface area contributed by atoms with Crippen molar-refractivity contribution in [2.45, 2.75) is 33.4 Å². The van der Waals surface area contributed by atoms with Crippen LogP contribution in [0.15, 0.2) is 60.2 Å². The fourth-order valence-corrected chi connectivity index (χ4v) is 4.46. The molecule has 0 aliphatic carbocycles. The van der Waals surface area contributed by atoms with Gasteiger partial charge in [-0.15, -0.1) is 0 Å². The number of carbonyl (C=O) groups excluding carboxylic acids is 3. The van der Waals surface area contributed by atoms with Gasteiger partial charge in [0.2, 0.25) is 0 Å². The summed E-state index contributed by atoms with van der Waals surface area (Å²) in [4.78, 5) is 39.6. The number of methoxy groups -OCH3 is 1. The maximum atomic E-state index is 13.5. The zero-order chi connectivity index (χ0) is 30.2. The number of ether oxygens (including phenoxy) is 4. The van der Waals surface area contributed by atoms with Crippen LogP contribution in [0, 0.1) is 5.82 Å². The van der Waals surface area contributed by atoms with Crippen LogP contribution >= 0.6 is 11.6 Å². The van der Waals surface area contributed by atoms with Crippen LogP contribution < -0.4 is 24.3 Å². The van der Waals surface area contributed by atoms with Gasteiger partial charge in [0.1, 0.15) is 18.0 Å². The van der Waals surface area contributed by atoms with Crippen molar-refractivity contribution >= 4 is 35.5 Å². The first-order chi connectivity index (χ1) is 20.2. The fraction of sp³-hybridized carbons (Fsp3) is 0.258. The molecule has 3 aromatic carbocycles. The number of nitrogens with zero attached hydrogens (tertiary/aromatic N) is 1. The molecule has 1 N–H and O–H groups in total. The second-order valence-electron chi connectivity index (χ2n) is 9.22. The highest BCUT2D eigenvalue weighted by atomic mass is 35.5. The minimum absolute atomic E-state index is 0.0307. The number of benzene rings is 3. The molecule has 4 amide bonds. The maximum Gasteiger partial charge on any atom is 0.331 e. The van der Waals surface area contributed by atoms with Crippen LogP contribution in [-0.2, 0) is 22.7 Å². The van der Waals surface area contributed by atoms with Crippen molar-refractivity contribution in [3.05, 3.63) is 87.7 Å². The lowest BCUT2D eigenvalue weighted by molar-refractivity contribution is -0.130. The van der Waals surface area contributed by atoms with Gasteiger partial charge in [0, 0.05) is 0 Å². The number of amides is 4. The molecular formula is C31H30ClFN2O7. The SMILES string of the molecule is CCCOc1ccc(CN2C(=O)NC(=O)/C(=C\c3cc(Cl)c(OCc4cccc(F)c4)c(OC)c3)C2=O)cc1OCC. The lowest BCUT2D eigenvalue weighted by atomic mass is 10.1. The number of carbonyl (C=O) groups is 3. The molecule has 0 spiro atoms. The first-order valence-corrected chi connectivity index (χ1v) is 13.6. The maximum absolute atomic E-state index is 13.5. The highest BCUT2D eigenvalue weighted by Gasteiger charge is 2.36. The van der Waals surface area contributed by atoms with Gasteiger partial charge < -0.3 is 18.9 Å². The smallest absolute Gasteiger partial charge is 0.331 e. The molecule has 0 bridgehead atoms. The fourth-order valence-electron chi connectivity index (χ4n) is 4.18. The third kappa shape index (κ3) is 7.19. The van der Waals surface area contributed by atoms with Crippen LogP contribution in [0.1, 0.15) is 37.0 Å². The summed E-state index contributed by atoms with van der Waals surface area (Å²) in [5.41, 5.74) is 1.28. The molecule has 0 aromatic heterocycles. The topological polar surface area (TPSA) is 103 Å². The summed E-state index contributed by atoms with van der Waals surface area (Å²) in [6.07, 6.45) is 2.13. The number of imide groups is 2. The van der Waals surface area contributed by atoms with E-state index < -0.39 is 23.7 Å². The van der Waals surface area contributed by atoms with Gasteiger partial charge in [-0.2, -0.15) is 0 Å². The highest BCUT2D eigenvalue weighted by Crippen LogP contribution is 2.38. The molecule has 1 heterocycles. The van der Waals surface area contributed by atoms with Crippen molar-refractivity contribution in [3.8, 4) is 23.0 Å². The van der Waals surface area contributed by atoms with Crippen molar-refractivity contribution in [2.24, 2.45) is 0 Å². The summed E-state index contributed by atoms with van der Waals surface area (Å²) in [6, 6.07) is 13.3. The molecule has 1 aliphatic heterocycles. The Hall–Kier alpha value is -4.57. The van der Waals surface area contributed by atoms with Gasteiger partial charge in [0.15, 0.2) is 23.0 Å². The standard InChI is InChI=1S/C31H30ClFN2O7/c1-4-11-41-25-10-9-19(15-26(25)40-5-2)17-35-30(37)23(29(36)34-31(35)38)13-21-14-24(32)28(27(16-21)39-3)42-18-20-7-6-8-22(33)12-20/h6-10,12-16H,4-5,11,17-18H2,1-3H3,(H,34,36,38)/b23-13+. The van der Waals surface area contributed by atoms with Gasteiger partial charge in [-0.05, 0) is 72.5 Å². The highest BCUT2D eigenvalue weighted by molar-refractivity contribution is 6.33. The Labute approximate surface area is 247 Å². The molecule has 9 nitrogen and oxygen atoms in total. The van der Waals surface area contributed by atoms with E-state index in [-0.39, 0.29) is 35.2 Å². The summed E-state index contributed by atoms with van der Waals surface area (Å²) in [5.74, 6) is -0.541. The minimum atomic E-state index is -0.846. The van der Waals surface area contributed by atoms with Crippen LogP contribution in [0.4, 0.5) is 9.18 Å². The van der Waals surface area contributed by atoms with Crippen LogP contribution in [-0.4, -0.2) is 43.1 Å². The molecule has 0 unspecified atom stereocenters. The van der Waals surface area contributed by atoms with Crippen molar-refractivity contribution < 1.29 is 37.7 Å². The molecule has 1 fully saturated rings. The third-order valence-electron chi connectivity index (χ3n) is 6.13. The van der Waals surface area contributed by atoms with E-state index in [9.17, 15) is 18.8 Å². The Morgan fingerprint density at radius 2 is 1.74 bits per heavy atom. The number of barbiturate groups is 1. The zero-order valence-corrected chi connectivity index (χ0v) is 24.1. The molecule has 42 heavy (non-hydrogen) atoms. The number of urea groups is 1. The van der Waals surface area contributed by atoms with Gasteiger partial charge >= 0.3 is 6.03 Å². The Kier molecular flexibility index (Phi) is 10.0. The average Bonchev–Trinajstić information content (AvgIpc) is 2.96. The molecule has 0 atom stereocenters. The van der Waals surface area contributed by atoms with Gasteiger partial charge in [-0.1, -0.05) is 36.7 Å². The first kappa shape index (κ1) is 30.4. The molecule has 11 heteroatoms. The minimum Gasteiger partial charge on any atom is -0.493 e. The number of hydrogen-bond acceptors (Lipinski definition) is 7. The number of nitrogens with one attached hydrogen (secondary N) is 1. The van der Waals surface area contributed by atoms with Crippen molar-refractivity contribution in [1.82, 2.24) is 10.2 Å². The number of halogens is 2. The van der Waals surface area contributed by atoms with Crippen LogP contribution in [0.25, 0.3) is 6.08 Å². The molecule has 3 aromatic rings. The van der Waals surface area contributed by atoms with E-state index >= 15 is 0 Å². The van der Waals surface area contributed by atoms with Gasteiger partial charge in [-0.25, -0.2) is 9.18 Å². The molecular weight excluding hydrogens is 567 g/mol. The number of rotatable bonds is 12. The van der Waals surface area contributed by atoms with Crippen molar-refractivity contribution in [2.75, 3.05) is 20.3 Å². The lowest BCUT2D eigenvalue weighted by Gasteiger charge is -2.26. The van der Waals surface area contributed by atoms with E-state index in [0.29, 0.717) is 41.4 Å². The van der Waals surface area contributed by atoms with E-state index in [4.69, 9.17) is 30.5 Å². The van der Waals surface area contributed by atoms with E-state index in [1.54, 1.807) is 30.3 Å². The summed E-state index contributed by atoms with van der Waals surface area (Å²) in [6.45, 7) is 4.66. The van der Waals surface area contributed by atoms with Crippen molar-refractivity contribution in [1.29, 1.82) is 0 Å². The number of hydrogen-bond donors (Lipinski definition) is 1. The predicted molar refractivity (Wildman–Crippen MR) is 154 cm³/mol. The quantitative estimate of drug-likeness (QED) is 0.205. The predicted octanol–water partition coefficient (Wildman–Crippen LogP) is 5.92. The molecule has 1 saturated heterocycles. The summed E-state index contributed by atoms with van der Waals surface area (Å²) in [5, 5.41) is 2.35. The van der Waals surface area contributed by atoms with Crippen LogP contribution in [0.5, 0.6) is 23.0 Å². The Bertz CT molecular complexity index is 1530. The van der Waals surface area contributed by atoms with Crippen LogP contribution in [0.2, 0.25) is 5.02 Å². The van der Waals surface area contributed by atoms with E-state index in [1.807, 2.05) is 13.8 Å². The second-order valence-corrected chi connectivity index (χ2v) is 9.63. The largest absolute Gasteiger partial charge is 0.493 e. The molecule has 1 aliphatic rings. The zero-order valence-electron chi connectivity index (χ0n) is 23.4. The Morgan fingerprint density at radius 1 is 0.929 bits per heavy atom. The van der Waals surface area contributed by atoms with Gasteiger partial charge in [0.25, 0.3) is 11.8 Å². The normalized spacial score (nSPS) is 14.2. The third-order valence-corrected chi connectivity index (χ3v) is 6.41. The van der Waals surface area contributed by atoms with Gasteiger partial charge in [0.05, 0.1) is 31.9 Å². The Balaban J connectivity index is 1.57. The van der Waals surface area contributed by atoms with E-state index in [0.717, 1.165) is 11.3 Å². The first-order valence-electron chi connectivity index (χ1n) is 13.3. The van der Waals surface area contributed by atoms with E-state index in [2.05, 4.69) is 5.32 Å². The summed E-state index contributed by atoms with van der Waals surface area (Å²) < 4.78 is 36.1. The lowest BCUT2D eigenvalue weighted by Crippen LogP contribution is -2.53.